The summed E-state index contributed by atoms with van der Waals surface area (Å²) >= 11 is 0. The number of carboxylic acid groups (broad SMARTS) is 1. The van der Waals surface area contributed by atoms with Gasteiger partial charge in [-0.3, -0.25) is 4.72 Å². The van der Waals surface area contributed by atoms with Crippen molar-refractivity contribution in [2.24, 2.45) is 0 Å². The van der Waals surface area contributed by atoms with Crippen LogP contribution in [-0.2, 0) is 10.0 Å². The number of H-pyrrole nitrogens is 1. The minimum Gasteiger partial charge on any atom is -0.478 e. The second-order valence-corrected chi connectivity index (χ2v) is 6.48. The SMILES string of the molecule is O=C(O)c1c(NS(=O)(=O)c2cccc(F)c2)ccc2cc[nH]c12. The summed E-state index contributed by atoms with van der Waals surface area (Å²) in [5.41, 5.74) is 0.00105. The molecule has 8 heteroatoms. The molecule has 0 aliphatic heterocycles. The van der Waals surface area contributed by atoms with Crippen LogP contribution in [0.4, 0.5) is 10.1 Å². The average molecular weight is 334 g/mol. The molecule has 3 rings (SSSR count). The lowest BCUT2D eigenvalue weighted by atomic mass is 10.1. The lowest BCUT2D eigenvalue weighted by molar-refractivity contribution is 0.0700. The molecule has 23 heavy (non-hydrogen) atoms. The molecule has 0 amide bonds. The predicted octanol–water partition coefficient (Wildman–Crippen LogP) is 2.81. The molecule has 0 atom stereocenters. The Kier molecular flexibility index (Phi) is 3.53. The average Bonchev–Trinajstić information content (AvgIpc) is 2.94. The summed E-state index contributed by atoms with van der Waals surface area (Å²) in [6.45, 7) is 0. The zero-order chi connectivity index (χ0) is 16.6. The molecule has 0 radical (unpaired) electrons. The Morgan fingerprint density at radius 3 is 2.65 bits per heavy atom. The van der Waals surface area contributed by atoms with Gasteiger partial charge in [0.05, 0.1) is 16.1 Å². The molecule has 6 nitrogen and oxygen atoms in total. The number of sulfonamides is 1. The van der Waals surface area contributed by atoms with Crippen molar-refractivity contribution in [2.75, 3.05) is 4.72 Å². The summed E-state index contributed by atoms with van der Waals surface area (Å²) in [5, 5.41) is 10.0. The Bertz CT molecular complexity index is 1010. The van der Waals surface area contributed by atoms with E-state index >= 15 is 0 Å². The summed E-state index contributed by atoms with van der Waals surface area (Å²) in [5.74, 6) is -1.99. The highest BCUT2D eigenvalue weighted by Crippen LogP contribution is 2.27. The van der Waals surface area contributed by atoms with Crippen LogP contribution < -0.4 is 4.72 Å². The zero-order valence-electron chi connectivity index (χ0n) is 11.6. The van der Waals surface area contributed by atoms with Crippen molar-refractivity contribution in [3.63, 3.8) is 0 Å². The van der Waals surface area contributed by atoms with Crippen LogP contribution in [0.5, 0.6) is 0 Å². The number of carbonyl (C=O) groups is 1. The molecular weight excluding hydrogens is 323 g/mol. The first-order valence-electron chi connectivity index (χ1n) is 6.50. The van der Waals surface area contributed by atoms with Crippen molar-refractivity contribution in [2.45, 2.75) is 4.90 Å². The fraction of sp³-hybridized carbons (Fsp3) is 0. The number of aromatic carboxylic acids is 1. The second kappa shape index (κ2) is 5.40. The highest BCUT2D eigenvalue weighted by molar-refractivity contribution is 7.92. The third-order valence-electron chi connectivity index (χ3n) is 3.29. The summed E-state index contributed by atoms with van der Waals surface area (Å²) < 4.78 is 40.1. The molecule has 0 saturated heterocycles. The first kappa shape index (κ1) is 15.0. The van der Waals surface area contributed by atoms with Crippen LogP contribution in [0.25, 0.3) is 10.9 Å². The number of aromatic amines is 1. The number of rotatable bonds is 4. The number of hydrogen-bond acceptors (Lipinski definition) is 3. The Hall–Kier alpha value is -2.87. The first-order chi connectivity index (χ1) is 10.9. The van der Waals surface area contributed by atoms with Gasteiger partial charge in [0.15, 0.2) is 0 Å². The van der Waals surface area contributed by atoms with Crippen LogP contribution in [0, 0.1) is 5.82 Å². The van der Waals surface area contributed by atoms with Crippen molar-refractivity contribution in [1.29, 1.82) is 0 Å². The summed E-state index contributed by atoms with van der Waals surface area (Å²) in [4.78, 5) is 14.0. The minimum absolute atomic E-state index is 0.100. The van der Waals surface area contributed by atoms with Crippen LogP contribution in [0.3, 0.4) is 0 Å². The third-order valence-corrected chi connectivity index (χ3v) is 4.66. The van der Waals surface area contributed by atoms with Gasteiger partial charge in [0.2, 0.25) is 0 Å². The maximum absolute atomic E-state index is 13.2. The molecular formula is C15H11FN2O4S. The molecule has 1 aromatic heterocycles. The van der Waals surface area contributed by atoms with Gasteiger partial charge in [-0.05, 0) is 30.3 Å². The van der Waals surface area contributed by atoms with Crippen LogP contribution >= 0.6 is 0 Å². The molecule has 2 aromatic carbocycles. The number of fused-ring (bicyclic) bond motifs is 1. The smallest absolute Gasteiger partial charge is 0.339 e. The van der Waals surface area contributed by atoms with E-state index in [9.17, 15) is 22.7 Å². The van der Waals surface area contributed by atoms with Crippen molar-refractivity contribution >= 4 is 32.6 Å². The molecule has 1 heterocycles. The number of aromatic nitrogens is 1. The van der Waals surface area contributed by atoms with Gasteiger partial charge in [-0.2, -0.15) is 0 Å². The summed E-state index contributed by atoms with van der Waals surface area (Å²) in [7, 11) is -4.11. The molecule has 3 N–H and O–H groups in total. The highest BCUT2D eigenvalue weighted by Gasteiger charge is 2.21. The Balaban J connectivity index is 2.11. The number of anilines is 1. The van der Waals surface area contributed by atoms with E-state index in [4.69, 9.17) is 0 Å². The van der Waals surface area contributed by atoms with E-state index in [1.807, 2.05) is 0 Å². The van der Waals surface area contributed by atoms with E-state index in [1.165, 1.54) is 18.2 Å². The van der Waals surface area contributed by atoms with Gasteiger partial charge >= 0.3 is 5.97 Å². The van der Waals surface area contributed by atoms with Gasteiger partial charge in [0.1, 0.15) is 11.4 Å². The zero-order valence-corrected chi connectivity index (χ0v) is 12.4. The van der Waals surface area contributed by atoms with Gasteiger partial charge in [-0.25, -0.2) is 17.6 Å². The lowest BCUT2D eigenvalue weighted by Crippen LogP contribution is -2.16. The van der Waals surface area contributed by atoms with E-state index < -0.39 is 21.8 Å². The first-order valence-corrected chi connectivity index (χ1v) is 7.98. The monoisotopic (exact) mass is 334 g/mol. The number of benzene rings is 2. The quantitative estimate of drug-likeness (QED) is 0.683. The Labute approximate surface area is 130 Å². The topological polar surface area (TPSA) is 99.3 Å². The summed E-state index contributed by atoms with van der Waals surface area (Å²) in [6, 6.07) is 9.07. The Morgan fingerprint density at radius 2 is 1.96 bits per heavy atom. The highest BCUT2D eigenvalue weighted by atomic mass is 32.2. The fourth-order valence-corrected chi connectivity index (χ4v) is 3.38. The number of hydrogen-bond donors (Lipinski definition) is 3. The predicted molar refractivity (Wildman–Crippen MR) is 82.5 cm³/mol. The van der Waals surface area contributed by atoms with Gasteiger partial charge in [0.25, 0.3) is 10.0 Å². The van der Waals surface area contributed by atoms with Crippen LogP contribution in [-0.4, -0.2) is 24.5 Å². The molecule has 118 valence electrons. The minimum atomic E-state index is -4.11. The maximum Gasteiger partial charge on any atom is 0.339 e. The molecule has 3 aromatic rings. The molecule has 0 fully saturated rings. The standard InChI is InChI=1S/C15H11FN2O4S/c16-10-2-1-3-11(8-10)23(21,22)18-12-5-4-9-6-7-17-14(9)13(12)15(19)20/h1-8,17-18H,(H,19,20). The van der Waals surface area contributed by atoms with Gasteiger partial charge in [-0.1, -0.05) is 12.1 Å². The van der Waals surface area contributed by atoms with Crippen molar-refractivity contribution < 1.29 is 22.7 Å². The molecule has 0 unspecified atom stereocenters. The molecule has 0 aliphatic carbocycles. The fourth-order valence-electron chi connectivity index (χ4n) is 2.27. The molecule has 0 saturated carbocycles. The lowest BCUT2D eigenvalue weighted by Gasteiger charge is -2.11. The third kappa shape index (κ3) is 2.76. The van der Waals surface area contributed by atoms with Gasteiger partial charge in [-0.15, -0.1) is 0 Å². The van der Waals surface area contributed by atoms with E-state index in [1.54, 1.807) is 18.3 Å². The number of nitrogens with one attached hydrogen (secondary N) is 2. The number of carboxylic acids is 1. The van der Waals surface area contributed by atoms with Crippen LogP contribution in [0.15, 0.2) is 53.6 Å². The van der Waals surface area contributed by atoms with Crippen molar-refractivity contribution in [3.8, 4) is 0 Å². The summed E-state index contributed by atoms with van der Waals surface area (Å²) in [6.07, 6.45) is 1.56. The van der Waals surface area contributed by atoms with E-state index in [2.05, 4.69) is 9.71 Å². The van der Waals surface area contributed by atoms with Gasteiger partial charge < -0.3 is 10.1 Å². The van der Waals surface area contributed by atoms with Crippen LogP contribution in [0.2, 0.25) is 0 Å². The maximum atomic E-state index is 13.2. The van der Waals surface area contributed by atoms with Crippen molar-refractivity contribution in [1.82, 2.24) is 4.98 Å². The second-order valence-electron chi connectivity index (χ2n) is 4.80. The molecule has 0 bridgehead atoms. The van der Waals surface area contributed by atoms with Crippen LogP contribution in [0.1, 0.15) is 10.4 Å². The van der Waals surface area contributed by atoms with Gasteiger partial charge in [0, 0.05) is 11.6 Å². The molecule has 0 spiro atoms. The van der Waals surface area contributed by atoms with Crippen molar-refractivity contribution in [3.05, 3.63) is 60.0 Å². The number of halogens is 1. The normalized spacial score (nSPS) is 11.5. The van der Waals surface area contributed by atoms with E-state index in [-0.39, 0.29) is 16.1 Å². The van der Waals surface area contributed by atoms with E-state index in [0.717, 1.165) is 12.1 Å². The van der Waals surface area contributed by atoms with E-state index in [0.29, 0.717) is 10.9 Å². The Morgan fingerprint density at radius 1 is 1.17 bits per heavy atom. The largest absolute Gasteiger partial charge is 0.478 e. The molecule has 0 aliphatic rings.